The maximum absolute atomic E-state index is 12.7. The van der Waals surface area contributed by atoms with Crippen LogP contribution in [0.15, 0.2) is 54.6 Å². The standard InChI is InChI=1S/C21H23N3O/c1-15-10-12-18(13-11-15)21(25)23(4)14-20-16(2)22-24(17(20)3)19-8-6-5-7-9-19/h5-13H,14H2,1-4H3. The Morgan fingerprint density at radius 3 is 2.28 bits per heavy atom. The Morgan fingerprint density at radius 1 is 1.00 bits per heavy atom. The zero-order chi connectivity index (χ0) is 18.0. The molecule has 4 nitrogen and oxygen atoms in total. The van der Waals surface area contributed by atoms with Gasteiger partial charge in [0.1, 0.15) is 0 Å². The van der Waals surface area contributed by atoms with E-state index < -0.39 is 0 Å². The van der Waals surface area contributed by atoms with Gasteiger partial charge in [-0.25, -0.2) is 4.68 Å². The molecule has 0 radical (unpaired) electrons. The summed E-state index contributed by atoms with van der Waals surface area (Å²) in [6.45, 7) is 6.60. The minimum Gasteiger partial charge on any atom is -0.337 e. The van der Waals surface area contributed by atoms with E-state index in [-0.39, 0.29) is 5.91 Å². The second kappa shape index (κ2) is 6.93. The Balaban J connectivity index is 1.84. The van der Waals surface area contributed by atoms with Crippen molar-refractivity contribution < 1.29 is 4.79 Å². The van der Waals surface area contributed by atoms with E-state index in [4.69, 9.17) is 0 Å². The summed E-state index contributed by atoms with van der Waals surface area (Å²) in [5.74, 6) is 0.0197. The lowest BCUT2D eigenvalue weighted by Crippen LogP contribution is -2.26. The number of carbonyl (C=O) groups excluding carboxylic acids is 1. The summed E-state index contributed by atoms with van der Waals surface area (Å²) < 4.78 is 1.94. The molecule has 0 fully saturated rings. The molecule has 0 saturated heterocycles. The van der Waals surface area contributed by atoms with Crippen molar-refractivity contribution in [2.24, 2.45) is 0 Å². The number of hydrogen-bond acceptors (Lipinski definition) is 2. The van der Waals surface area contributed by atoms with Gasteiger partial charge in [0, 0.05) is 30.4 Å². The Labute approximate surface area is 148 Å². The van der Waals surface area contributed by atoms with Gasteiger partial charge in [0.2, 0.25) is 0 Å². The van der Waals surface area contributed by atoms with Gasteiger partial charge in [-0.05, 0) is 45.0 Å². The molecule has 25 heavy (non-hydrogen) atoms. The van der Waals surface area contributed by atoms with Crippen molar-refractivity contribution >= 4 is 5.91 Å². The fourth-order valence-corrected chi connectivity index (χ4v) is 2.95. The van der Waals surface area contributed by atoms with Crippen LogP contribution >= 0.6 is 0 Å². The minimum atomic E-state index is 0.0197. The van der Waals surface area contributed by atoms with Gasteiger partial charge in [0.25, 0.3) is 5.91 Å². The van der Waals surface area contributed by atoms with Gasteiger partial charge >= 0.3 is 0 Å². The third-order valence-electron chi connectivity index (χ3n) is 4.48. The first-order valence-corrected chi connectivity index (χ1v) is 8.40. The first-order valence-electron chi connectivity index (χ1n) is 8.40. The first-order chi connectivity index (χ1) is 12.0. The number of carbonyl (C=O) groups is 1. The maximum Gasteiger partial charge on any atom is 0.253 e. The lowest BCUT2D eigenvalue weighted by Gasteiger charge is -2.18. The van der Waals surface area contributed by atoms with E-state index in [0.29, 0.717) is 12.1 Å². The number of benzene rings is 2. The summed E-state index contributed by atoms with van der Waals surface area (Å²) in [7, 11) is 1.83. The molecule has 1 aromatic heterocycles. The highest BCUT2D eigenvalue weighted by atomic mass is 16.2. The molecular weight excluding hydrogens is 310 g/mol. The molecule has 2 aromatic carbocycles. The van der Waals surface area contributed by atoms with Gasteiger partial charge in [-0.1, -0.05) is 35.9 Å². The highest BCUT2D eigenvalue weighted by molar-refractivity contribution is 5.94. The van der Waals surface area contributed by atoms with Crippen molar-refractivity contribution in [1.82, 2.24) is 14.7 Å². The average Bonchev–Trinajstić information content (AvgIpc) is 2.90. The molecular formula is C21H23N3O. The van der Waals surface area contributed by atoms with Crippen LogP contribution in [0, 0.1) is 20.8 Å². The van der Waals surface area contributed by atoms with Crippen LogP contribution in [0.4, 0.5) is 0 Å². The summed E-state index contributed by atoms with van der Waals surface area (Å²) in [6.07, 6.45) is 0. The number of hydrogen-bond donors (Lipinski definition) is 0. The Bertz CT molecular complexity index is 880. The van der Waals surface area contributed by atoms with E-state index in [1.54, 1.807) is 4.90 Å². The predicted octanol–water partition coefficient (Wildman–Crippen LogP) is 4.07. The normalized spacial score (nSPS) is 10.7. The molecule has 0 N–H and O–H groups in total. The minimum absolute atomic E-state index is 0.0197. The van der Waals surface area contributed by atoms with E-state index in [9.17, 15) is 4.79 Å². The third-order valence-corrected chi connectivity index (χ3v) is 4.48. The van der Waals surface area contributed by atoms with E-state index in [1.807, 2.05) is 87.1 Å². The third kappa shape index (κ3) is 3.48. The predicted molar refractivity (Wildman–Crippen MR) is 100 cm³/mol. The average molecular weight is 333 g/mol. The Morgan fingerprint density at radius 2 is 1.64 bits per heavy atom. The maximum atomic E-state index is 12.7. The smallest absolute Gasteiger partial charge is 0.253 e. The van der Waals surface area contributed by atoms with Crippen LogP contribution in [0.3, 0.4) is 0 Å². The summed E-state index contributed by atoms with van der Waals surface area (Å²) in [4.78, 5) is 14.4. The van der Waals surface area contributed by atoms with Crippen LogP contribution in [0.1, 0.15) is 32.9 Å². The zero-order valence-corrected chi connectivity index (χ0v) is 15.2. The molecule has 3 rings (SSSR count). The van der Waals surface area contributed by atoms with Crippen molar-refractivity contribution in [2.45, 2.75) is 27.3 Å². The molecule has 0 atom stereocenters. The molecule has 1 heterocycles. The molecule has 0 spiro atoms. The van der Waals surface area contributed by atoms with Crippen LogP contribution in [-0.4, -0.2) is 27.6 Å². The van der Waals surface area contributed by atoms with E-state index >= 15 is 0 Å². The van der Waals surface area contributed by atoms with Crippen molar-refractivity contribution in [3.05, 3.63) is 82.7 Å². The van der Waals surface area contributed by atoms with Crippen LogP contribution in [0.25, 0.3) is 5.69 Å². The number of nitrogens with zero attached hydrogens (tertiary/aromatic N) is 3. The SMILES string of the molecule is Cc1ccc(C(=O)N(C)Cc2c(C)nn(-c3ccccc3)c2C)cc1. The lowest BCUT2D eigenvalue weighted by molar-refractivity contribution is 0.0785. The Kier molecular flexibility index (Phi) is 4.70. The van der Waals surface area contributed by atoms with Gasteiger partial charge in [0.05, 0.1) is 11.4 Å². The monoisotopic (exact) mass is 333 g/mol. The molecule has 128 valence electrons. The molecule has 0 bridgehead atoms. The van der Waals surface area contributed by atoms with E-state index in [0.717, 1.165) is 28.2 Å². The number of rotatable bonds is 4. The molecule has 3 aromatic rings. The second-order valence-corrected chi connectivity index (χ2v) is 6.42. The highest BCUT2D eigenvalue weighted by Crippen LogP contribution is 2.20. The second-order valence-electron chi connectivity index (χ2n) is 6.42. The number of aryl methyl sites for hydroxylation is 2. The van der Waals surface area contributed by atoms with Gasteiger partial charge in [-0.2, -0.15) is 5.10 Å². The summed E-state index contributed by atoms with van der Waals surface area (Å²) in [5, 5.41) is 4.66. The molecule has 0 unspecified atom stereocenters. The van der Waals surface area contributed by atoms with Crippen molar-refractivity contribution in [1.29, 1.82) is 0 Å². The molecule has 0 saturated carbocycles. The Hall–Kier alpha value is -2.88. The van der Waals surface area contributed by atoms with Gasteiger partial charge in [0.15, 0.2) is 0 Å². The number of para-hydroxylation sites is 1. The first kappa shape index (κ1) is 17.0. The highest BCUT2D eigenvalue weighted by Gasteiger charge is 2.18. The molecule has 1 amide bonds. The van der Waals surface area contributed by atoms with Gasteiger partial charge in [-0.3, -0.25) is 4.79 Å². The zero-order valence-electron chi connectivity index (χ0n) is 15.2. The summed E-state index contributed by atoms with van der Waals surface area (Å²) >= 11 is 0. The van der Waals surface area contributed by atoms with E-state index in [2.05, 4.69) is 5.10 Å². The fraction of sp³-hybridized carbons (Fsp3) is 0.238. The molecule has 0 aliphatic heterocycles. The molecule has 0 aliphatic rings. The van der Waals surface area contributed by atoms with Crippen LogP contribution < -0.4 is 0 Å². The number of aromatic nitrogens is 2. The van der Waals surface area contributed by atoms with E-state index in [1.165, 1.54) is 0 Å². The molecule has 0 aliphatic carbocycles. The largest absolute Gasteiger partial charge is 0.337 e. The van der Waals surface area contributed by atoms with Crippen molar-refractivity contribution in [3.63, 3.8) is 0 Å². The summed E-state index contributed by atoms with van der Waals surface area (Å²) in [5.41, 5.74) is 5.99. The van der Waals surface area contributed by atoms with Crippen LogP contribution in [0.2, 0.25) is 0 Å². The summed E-state index contributed by atoms with van der Waals surface area (Å²) in [6, 6.07) is 17.7. The van der Waals surface area contributed by atoms with Crippen LogP contribution in [-0.2, 0) is 6.54 Å². The van der Waals surface area contributed by atoms with Crippen LogP contribution in [0.5, 0.6) is 0 Å². The lowest BCUT2D eigenvalue weighted by atomic mass is 10.1. The topological polar surface area (TPSA) is 38.1 Å². The van der Waals surface area contributed by atoms with Crippen molar-refractivity contribution in [2.75, 3.05) is 7.05 Å². The number of amides is 1. The van der Waals surface area contributed by atoms with Gasteiger partial charge in [-0.15, -0.1) is 0 Å². The molecule has 4 heteroatoms. The van der Waals surface area contributed by atoms with Crippen molar-refractivity contribution in [3.8, 4) is 5.69 Å². The van der Waals surface area contributed by atoms with Gasteiger partial charge < -0.3 is 4.90 Å². The quantitative estimate of drug-likeness (QED) is 0.722. The fourth-order valence-electron chi connectivity index (χ4n) is 2.95.